The highest BCUT2D eigenvalue weighted by molar-refractivity contribution is 6.74. The number of unbranched alkanes of at least 4 members (excludes halogenated alkanes) is 2. The molecular weight excluding hydrogens is 384 g/mol. The van der Waals surface area contributed by atoms with Gasteiger partial charge in [-0.25, -0.2) is 0 Å². The van der Waals surface area contributed by atoms with Gasteiger partial charge < -0.3 is 13.9 Å². The topological polar surface area (TPSA) is 61.8 Å². The maximum atomic E-state index is 11.6. The molecule has 0 aromatic carbocycles. The molecular formula is C23H42O5Si. The first kappa shape index (κ1) is 25.9. The van der Waals surface area contributed by atoms with Crippen molar-refractivity contribution in [1.82, 2.24) is 0 Å². The van der Waals surface area contributed by atoms with Crippen LogP contribution in [0.1, 0.15) is 80.1 Å². The molecule has 0 bridgehead atoms. The van der Waals surface area contributed by atoms with Gasteiger partial charge in [0.1, 0.15) is 12.2 Å². The average Bonchev–Trinajstić information content (AvgIpc) is 2.91. The molecule has 1 unspecified atom stereocenters. The molecule has 1 aliphatic carbocycles. The Bertz CT molecular complexity index is 564. The molecule has 0 aromatic rings. The lowest BCUT2D eigenvalue weighted by Crippen LogP contribution is -2.43. The van der Waals surface area contributed by atoms with Crippen LogP contribution in [0.15, 0.2) is 12.2 Å². The molecule has 1 aliphatic rings. The Balaban J connectivity index is 2.86. The Morgan fingerprint density at radius 3 is 2.28 bits per heavy atom. The smallest absolute Gasteiger partial charge is 0.303 e. The molecule has 0 amide bonds. The average molecular weight is 427 g/mol. The first-order valence-electron chi connectivity index (χ1n) is 11.1. The van der Waals surface area contributed by atoms with Gasteiger partial charge in [-0.3, -0.25) is 9.59 Å². The summed E-state index contributed by atoms with van der Waals surface area (Å²) in [6.07, 6.45) is 9.35. The number of hydrogen-bond acceptors (Lipinski definition) is 5. The van der Waals surface area contributed by atoms with Crippen molar-refractivity contribution < 1.29 is 23.5 Å². The first-order valence-corrected chi connectivity index (χ1v) is 14.0. The van der Waals surface area contributed by atoms with E-state index in [4.69, 9.17) is 13.9 Å². The van der Waals surface area contributed by atoms with Crippen LogP contribution < -0.4 is 0 Å². The number of rotatable bonds is 10. The SMILES string of the molecule is CCCCC[C@@H](/C=C/[C@@H]1C[C@@H](O[Si](C)(C)C(C)(C)C)CC1OC(C)=O)OC(C)=O. The third-order valence-corrected chi connectivity index (χ3v) is 10.6. The monoisotopic (exact) mass is 426 g/mol. The molecule has 0 N–H and O–H groups in total. The van der Waals surface area contributed by atoms with Crippen LogP contribution in [0.25, 0.3) is 0 Å². The third-order valence-electron chi connectivity index (χ3n) is 6.08. The molecule has 1 saturated carbocycles. The predicted molar refractivity (Wildman–Crippen MR) is 119 cm³/mol. The lowest BCUT2D eigenvalue weighted by atomic mass is 10.0. The number of carbonyl (C=O) groups excluding carboxylic acids is 2. The molecule has 1 rings (SSSR count). The van der Waals surface area contributed by atoms with E-state index >= 15 is 0 Å². The van der Waals surface area contributed by atoms with Gasteiger partial charge in [0.15, 0.2) is 8.32 Å². The Hall–Kier alpha value is -1.14. The summed E-state index contributed by atoms with van der Waals surface area (Å²) in [5, 5.41) is 0.136. The Morgan fingerprint density at radius 2 is 1.76 bits per heavy atom. The fraction of sp³-hybridized carbons (Fsp3) is 0.826. The summed E-state index contributed by atoms with van der Waals surface area (Å²) in [6, 6.07) is 0. The first-order chi connectivity index (χ1) is 13.4. The summed E-state index contributed by atoms with van der Waals surface area (Å²) in [5.74, 6) is -0.447. The van der Waals surface area contributed by atoms with Crippen molar-refractivity contribution in [2.45, 2.75) is 117 Å². The van der Waals surface area contributed by atoms with E-state index < -0.39 is 8.32 Å². The Morgan fingerprint density at radius 1 is 1.10 bits per heavy atom. The number of ether oxygens (including phenoxy) is 2. The van der Waals surface area contributed by atoms with Crippen molar-refractivity contribution in [1.29, 1.82) is 0 Å². The van der Waals surface area contributed by atoms with E-state index in [-0.39, 0.29) is 41.2 Å². The number of esters is 2. The van der Waals surface area contributed by atoms with Gasteiger partial charge in [0, 0.05) is 32.3 Å². The Labute approximate surface area is 178 Å². The molecule has 0 spiro atoms. The van der Waals surface area contributed by atoms with Crippen LogP contribution in [0.5, 0.6) is 0 Å². The maximum Gasteiger partial charge on any atom is 0.303 e. The second kappa shape index (κ2) is 11.3. The van der Waals surface area contributed by atoms with E-state index in [1.54, 1.807) is 0 Å². The summed E-state index contributed by atoms with van der Waals surface area (Å²) in [6.45, 7) is 16.2. The van der Waals surface area contributed by atoms with Crippen LogP contribution in [0.2, 0.25) is 18.1 Å². The molecule has 0 aliphatic heterocycles. The fourth-order valence-electron chi connectivity index (χ4n) is 3.50. The lowest BCUT2D eigenvalue weighted by Gasteiger charge is -2.38. The molecule has 1 fully saturated rings. The van der Waals surface area contributed by atoms with E-state index in [1.807, 2.05) is 6.08 Å². The van der Waals surface area contributed by atoms with Gasteiger partial charge in [-0.1, -0.05) is 46.6 Å². The fourth-order valence-corrected chi connectivity index (χ4v) is 4.88. The number of carbonyl (C=O) groups is 2. The highest BCUT2D eigenvalue weighted by atomic mass is 28.4. The van der Waals surface area contributed by atoms with E-state index in [2.05, 4.69) is 46.9 Å². The summed E-state index contributed by atoms with van der Waals surface area (Å²) in [5.41, 5.74) is 0. The van der Waals surface area contributed by atoms with Crippen molar-refractivity contribution in [2.75, 3.05) is 0 Å². The minimum Gasteiger partial charge on any atom is -0.462 e. The van der Waals surface area contributed by atoms with Crippen molar-refractivity contribution in [3.05, 3.63) is 12.2 Å². The van der Waals surface area contributed by atoms with Crippen LogP contribution in [0.3, 0.4) is 0 Å². The van der Waals surface area contributed by atoms with Gasteiger partial charge in [-0.15, -0.1) is 0 Å². The largest absolute Gasteiger partial charge is 0.462 e. The molecule has 0 radical (unpaired) electrons. The molecule has 168 valence electrons. The minimum absolute atomic E-state index is 0.0814. The van der Waals surface area contributed by atoms with Crippen LogP contribution >= 0.6 is 0 Å². The van der Waals surface area contributed by atoms with Gasteiger partial charge in [-0.2, -0.15) is 0 Å². The van der Waals surface area contributed by atoms with Gasteiger partial charge in [0.25, 0.3) is 0 Å². The van der Waals surface area contributed by atoms with Crippen LogP contribution in [0, 0.1) is 5.92 Å². The second-order valence-electron chi connectivity index (χ2n) is 9.81. The Kier molecular flexibility index (Phi) is 10.1. The summed E-state index contributed by atoms with van der Waals surface area (Å²) in [7, 11) is -1.89. The van der Waals surface area contributed by atoms with Crippen molar-refractivity contribution >= 4 is 20.3 Å². The van der Waals surface area contributed by atoms with Gasteiger partial charge >= 0.3 is 11.9 Å². The van der Waals surface area contributed by atoms with Crippen LogP contribution in [-0.2, 0) is 23.5 Å². The third kappa shape index (κ3) is 9.03. The molecule has 5 nitrogen and oxygen atoms in total. The second-order valence-corrected chi connectivity index (χ2v) is 14.6. The van der Waals surface area contributed by atoms with Gasteiger partial charge in [-0.05, 0) is 43.5 Å². The highest BCUT2D eigenvalue weighted by Gasteiger charge is 2.43. The summed E-state index contributed by atoms with van der Waals surface area (Å²) < 4.78 is 17.7. The standard InChI is InChI=1S/C23H42O5Si/c1-9-10-11-12-20(26-17(2)24)14-13-19-15-21(16-22(19)27-18(3)25)28-29(7,8)23(4,5)6/h13-14,19-22H,9-12,15-16H2,1-8H3/b14-13+/t19-,20+,21-,22?/m1/s1. The normalized spacial score (nSPS) is 23.9. The van der Waals surface area contributed by atoms with Crippen molar-refractivity contribution in [3.63, 3.8) is 0 Å². The molecule has 6 heteroatoms. The van der Waals surface area contributed by atoms with E-state index in [0.29, 0.717) is 0 Å². The van der Waals surface area contributed by atoms with Crippen LogP contribution in [-0.4, -0.2) is 38.6 Å². The molecule has 4 atom stereocenters. The summed E-state index contributed by atoms with van der Waals surface area (Å²) >= 11 is 0. The van der Waals surface area contributed by atoms with Gasteiger partial charge in [0.2, 0.25) is 0 Å². The zero-order valence-electron chi connectivity index (χ0n) is 19.7. The maximum absolute atomic E-state index is 11.6. The molecule has 0 aromatic heterocycles. The van der Waals surface area contributed by atoms with Crippen molar-refractivity contribution in [3.8, 4) is 0 Å². The molecule has 0 saturated heterocycles. The van der Waals surface area contributed by atoms with Gasteiger partial charge in [0.05, 0.1) is 0 Å². The molecule has 0 heterocycles. The van der Waals surface area contributed by atoms with Crippen molar-refractivity contribution in [2.24, 2.45) is 5.92 Å². The predicted octanol–water partition coefficient (Wildman–Crippen LogP) is 5.79. The molecule has 29 heavy (non-hydrogen) atoms. The summed E-state index contributed by atoms with van der Waals surface area (Å²) in [4.78, 5) is 23.1. The zero-order chi connectivity index (χ0) is 22.2. The van der Waals surface area contributed by atoms with Crippen LogP contribution in [0.4, 0.5) is 0 Å². The number of hydrogen-bond donors (Lipinski definition) is 0. The minimum atomic E-state index is -1.89. The van der Waals surface area contributed by atoms with E-state index in [0.717, 1.165) is 38.5 Å². The zero-order valence-corrected chi connectivity index (χ0v) is 20.7. The van der Waals surface area contributed by atoms with E-state index in [1.165, 1.54) is 13.8 Å². The lowest BCUT2D eigenvalue weighted by molar-refractivity contribution is -0.147. The van der Waals surface area contributed by atoms with E-state index in [9.17, 15) is 9.59 Å². The quantitative estimate of drug-likeness (QED) is 0.192. The highest BCUT2D eigenvalue weighted by Crippen LogP contribution is 2.41.